The van der Waals surface area contributed by atoms with Gasteiger partial charge in [-0.1, -0.05) is 86.7 Å². The van der Waals surface area contributed by atoms with Crippen molar-refractivity contribution in [2.45, 2.75) is 38.7 Å². The highest BCUT2D eigenvalue weighted by Gasteiger charge is 2.50. The minimum absolute atomic E-state index is 0.0271. The largest absolute Gasteiger partial charge is 0.392 e. The van der Waals surface area contributed by atoms with Gasteiger partial charge in [0.05, 0.1) is 29.3 Å². The van der Waals surface area contributed by atoms with E-state index in [0.717, 1.165) is 52.2 Å². The standard InChI is InChI=1S/C33H29N3O2/c1-21-29-17-16-28-30(25-6-4-3-5-7-25)35-36(32(28)33(29,2)18-26(19-34)31(21)38)27-14-12-24(13-15-27)23-10-8-22(20-37)9-11-23/h3-15,18,21,29,37H,16-17,20H2,1-2H3/t21-,29-,33-/m1/s1. The Bertz CT molecular complexity index is 1590. The molecule has 38 heavy (non-hydrogen) atoms. The van der Waals surface area contributed by atoms with Crippen LogP contribution in [0.15, 0.2) is 90.5 Å². The van der Waals surface area contributed by atoms with Gasteiger partial charge in [-0.3, -0.25) is 4.79 Å². The number of benzene rings is 3. The molecule has 0 radical (unpaired) electrons. The number of nitriles is 1. The quantitative estimate of drug-likeness (QED) is 0.363. The third-order valence-electron chi connectivity index (χ3n) is 8.45. The number of aromatic nitrogens is 2. The van der Waals surface area contributed by atoms with Crippen LogP contribution in [0, 0.1) is 23.2 Å². The summed E-state index contributed by atoms with van der Waals surface area (Å²) < 4.78 is 2.04. The number of ketones is 1. The smallest absolute Gasteiger partial charge is 0.176 e. The van der Waals surface area contributed by atoms with E-state index >= 15 is 0 Å². The van der Waals surface area contributed by atoms with Crippen LogP contribution in [0.4, 0.5) is 0 Å². The number of Topliss-reactive ketones (excluding diaryl/α,β-unsaturated/α-hetero) is 1. The molecule has 3 atom stereocenters. The first kappa shape index (κ1) is 24.1. The van der Waals surface area contributed by atoms with Crippen LogP contribution in [-0.4, -0.2) is 20.7 Å². The van der Waals surface area contributed by atoms with Gasteiger partial charge in [0.1, 0.15) is 6.07 Å². The van der Waals surface area contributed by atoms with E-state index in [2.05, 4.69) is 49.4 Å². The lowest BCUT2D eigenvalue weighted by molar-refractivity contribution is -0.121. The normalized spacial score (nSPS) is 22.3. The molecule has 0 saturated carbocycles. The monoisotopic (exact) mass is 499 g/mol. The van der Waals surface area contributed by atoms with Gasteiger partial charge in [0, 0.05) is 22.5 Å². The lowest BCUT2D eigenvalue weighted by Gasteiger charge is -2.45. The Labute approximate surface area is 222 Å². The first-order valence-electron chi connectivity index (χ1n) is 13.1. The van der Waals surface area contributed by atoms with Gasteiger partial charge in [0.2, 0.25) is 0 Å². The van der Waals surface area contributed by atoms with Crippen LogP contribution in [0.2, 0.25) is 0 Å². The second kappa shape index (κ2) is 9.24. The Morgan fingerprint density at radius 3 is 2.29 bits per heavy atom. The molecule has 0 spiro atoms. The van der Waals surface area contributed by atoms with Crippen LogP contribution < -0.4 is 0 Å². The lowest BCUT2D eigenvalue weighted by Crippen LogP contribution is -2.46. The van der Waals surface area contributed by atoms with Gasteiger partial charge in [-0.2, -0.15) is 10.4 Å². The number of nitrogens with zero attached hydrogens (tertiary/aromatic N) is 3. The molecule has 0 fully saturated rings. The Morgan fingerprint density at radius 1 is 1.00 bits per heavy atom. The zero-order valence-corrected chi connectivity index (χ0v) is 21.6. The number of aliphatic hydroxyl groups is 1. The van der Waals surface area contributed by atoms with Crippen molar-refractivity contribution in [3.05, 3.63) is 107 Å². The molecule has 0 amide bonds. The van der Waals surface area contributed by atoms with Crippen LogP contribution in [-0.2, 0) is 23.2 Å². The molecule has 5 heteroatoms. The molecule has 0 saturated heterocycles. The van der Waals surface area contributed by atoms with Crippen molar-refractivity contribution in [1.29, 1.82) is 5.26 Å². The summed E-state index contributed by atoms with van der Waals surface area (Å²) in [6, 6.07) is 28.7. The average molecular weight is 500 g/mol. The summed E-state index contributed by atoms with van der Waals surface area (Å²) in [5.74, 6) is -0.173. The summed E-state index contributed by atoms with van der Waals surface area (Å²) in [4.78, 5) is 12.9. The fourth-order valence-corrected chi connectivity index (χ4v) is 6.46. The Kier molecular flexibility index (Phi) is 5.86. The molecule has 0 bridgehead atoms. The second-order valence-electron chi connectivity index (χ2n) is 10.6. The zero-order chi connectivity index (χ0) is 26.4. The molecule has 1 heterocycles. The lowest BCUT2D eigenvalue weighted by atomic mass is 9.57. The molecule has 1 N–H and O–H groups in total. The van der Waals surface area contributed by atoms with Crippen LogP contribution in [0.5, 0.6) is 0 Å². The van der Waals surface area contributed by atoms with E-state index in [4.69, 9.17) is 5.10 Å². The molecular weight excluding hydrogens is 470 g/mol. The summed E-state index contributed by atoms with van der Waals surface area (Å²) in [6.07, 6.45) is 3.62. The first-order valence-corrected chi connectivity index (χ1v) is 13.1. The molecule has 0 unspecified atom stereocenters. The zero-order valence-electron chi connectivity index (χ0n) is 21.6. The number of rotatable bonds is 4. The summed E-state index contributed by atoms with van der Waals surface area (Å²) in [5.41, 5.74) is 8.02. The first-order chi connectivity index (χ1) is 18.4. The van der Waals surface area contributed by atoms with Crippen molar-refractivity contribution in [2.24, 2.45) is 11.8 Å². The number of aliphatic hydroxyl groups excluding tert-OH is 1. The minimum Gasteiger partial charge on any atom is -0.392 e. The maximum atomic E-state index is 12.9. The van der Waals surface area contributed by atoms with Gasteiger partial charge in [-0.15, -0.1) is 0 Å². The van der Waals surface area contributed by atoms with Crippen LogP contribution in [0.3, 0.4) is 0 Å². The highest BCUT2D eigenvalue weighted by atomic mass is 16.3. The molecule has 6 rings (SSSR count). The predicted molar refractivity (Wildman–Crippen MR) is 147 cm³/mol. The van der Waals surface area contributed by atoms with E-state index in [1.165, 1.54) is 5.56 Å². The molecule has 1 aromatic heterocycles. The SMILES string of the molecule is C[C@H]1C(=O)C(C#N)=C[C@@]2(C)c3c(c(-c4ccccc4)nn3-c3ccc(-c4ccc(CO)cc4)cc3)CC[C@H]12. The highest BCUT2D eigenvalue weighted by molar-refractivity contribution is 6.02. The maximum absolute atomic E-state index is 12.9. The average Bonchev–Trinajstić information content (AvgIpc) is 3.37. The van der Waals surface area contributed by atoms with Crippen molar-refractivity contribution in [3.8, 4) is 34.1 Å². The third kappa shape index (κ3) is 3.72. The van der Waals surface area contributed by atoms with Crippen molar-refractivity contribution in [3.63, 3.8) is 0 Å². The van der Waals surface area contributed by atoms with Crippen LogP contribution >= 0.6 is 0 Å². The van der Waals surface area contributed by atoms with Gasteiger partial charge in [-0.25, -0.2) is 4.68 Å². The van der Waals surface area contributed by atoms with Gasteiger partial charge < -0.3 is 5.11 Å². The summed E-state index contributed by atoms with van der Waals surface area (Å²) >= 11 is 0. The molecule has 2 aliphatic rings. The molecule has 4 aromatic rings. The van der Waals surface area contributed by atoms with Crippen molar-refractivity contribution in [1.82, 2.24) is 9.78 Å². The van der Waals surface area contributed by atoms with E-state index in [1.807, 2.05) is 60.1 Å². The van der Waals surface area contributed by atoms with E-state index in [-0.39, 0.29) is 29.8 Å². The maximum Gasteiger partial charge on any atom is 0.176 e. The number of carbonyl (C=O) groups is 1. The van der Waals surface area contributed by atoms with Crippen molar-refractivity contribution >= 4 is 5.78 Å². The Morgan fingerprint density at radius 2 is 1.66 bits per heavy atom. The summed E-state index contributed by atoms with van der Waals surface area (Å²) in [6.45, 7) is 4.16. The molecule has 3 aromatic carbocycles. The Balaban J connectivity index is 1.53. The fraction of sp³-hybridized carbons (Fsp3) is 0.242. The van der Waals surface area contributed by atoms with Crippen LogP contribution in [0.25, 0.3) is 28.1 Å². The highest BCUT2D eigenvalue weighted by Crippen LogP contribution is 2.52. The van der Waals surface area contributed by atoms with Crippen molar-refractivity contribution < 1.29 is 9.90 Å². The predicted octanol–water partition coefficient (Wildman–Crippen LogP) is 6.19. The van der Waals surface area contributed by atoms with Gasteiger partial charge in [0.15, 0.2) is 5.78 Å². The van der Waals surface area contributed by atoms with Crippen molar-refractivity contribution in [2.75, 3.05) is 0 Å². The number of allylic oxidation sites excluding steroid dienone is 2. The Hall–Kier alpha value is -4.27. The number of fused-ring (bicyclic) bond motifs is 3. The number of hydrogen-bond donors (Lipinski definition) is 1. The molecule has 5 nitrogen and oxygen atoms in total. The van der Waals surface area contributed by atoms with Crippen LogP contribution in [0.1, 0.15) is 37.1 Å². The second-order valence-corrected chi connectivity index (χ2v) is 10.6. The summed E-state index contributed by atoms with van der Waals surface area (Å²) in [7, 11) is 0. The van der Waals surface area contributed by atoms with Gasteiger partial charge >= 0.3 is 0 Å². The molecule has 0 aliphatic heterocycles. The summed E-state index contributed by atoms with van der Waals surface area (Å²) in [5, 5.41) is 24.3. The van der Waals surface area contributed by atoms with E-state index in [0.29, 0.717) is 0 Å². The molecule has 2 aliphatic carbocycles. The minimum atomic E-state index is -0.495. The molecular formula is C33H29N3O2. The number of hydrogen-bond acceptors (Lipinski definition) is 4. The van der Waals surface area contributed by atoms with Gasteiger partial charge in [0.25, 0.3) is 0 Å². The topological polar surface area (TPSA) is 78.9 Å². The third-order valence-corrected chi connectivity index (χ3v) is 8.45. The van der Waals surface area contributed by atoms with Gasteiger partial charge in [-0.05, 0) is 47.6 Å². The van der Waals surface area contributed by atoms with E-state index in [1.54, 1.807) is 0 Å². The molecule has 188 valence electrons. The fourth-order valence-electron chi connectivity index (χ4n) is 6.46. The van der Waals surface area contributed by atoms with E-state index in [9.17, 15) is 15.2 Å². The number of carbonyl (C=O) groups excluding carboxylic acids is 1. The van der Waals surface area contributed by atoms with E-state index < -0.39 is 5.41 Å².